The number of unbranched alkanes of at least 4 members (excludes halogenated alkanes) is 1. The Morgan fingerprint density at radius 1 is 0.944 bits per heavy atom. The van der Waals surface area contributed by atoms with Crippen molar-refractivity contribution in [3.8, 4) is 22.8 Å². The number of nitrogens with one attached hydrogen (secondary N) is 1. The van der Waals surface area contributed by atoms with Crippen LogP contribution in [0.3, 0.4) is 0 Å². The van der Waals surface area contributed by atoms with Crippen molar-refractivity contribution in [3.63, 3.8) is 0 Å². The number of anilines is 1. The normalized spacial score (nSPS) is 11.6. The van der Waals surface area contributed by atoms with Gasteiger partial charge in [0.15, 0.2) is 11.5 Å². The number of methoxy groups -OCH3 is 1. The minimum Gasteiger partial charge on any atom is -0.493 e. The second-order valence-corrected chi connectivity index (χ2v) is 8.63. The molecule has 1 aromatic heterocycles. The van der Waals surface area contributed by atoms with Crippen LogP contribution in [0.15, 0.2) is 60.9 Å². The molecule has 0 saturated carbocycles. The summed E-state index contributed by atoms with van der Waals surface area (Å²) in [6, 6.07) is 16.6. The lowest BCUT2D eigenvalue weighted by atomic mass is 10.0. The Morgan fingerprint density at radius 2 is 1.72 bits per heavy atom. The van der Waals surface area contributed by atoms with Crippen LogP contribution in [0.25, 0.3) is 11.3 Å². The second-order valence-electron chi connectivity index (χ2n) is 8.63. The first-order chi connectivity index (χ1) is 17.2. The molecule has 1 N–H and O–H groups in total. The molecule has 36 heavy (non-hydrogen) atoms. The molecule has 0 radical (unpaired) electrons. The van der Waals surface area contributed by atoms with Crippen LogP contribution in [-0.4, -0.2) is 48.2 Å². The van der Waals surface area contributed by atoms with Crippen LogP contribution in [0.5, 0.6) is 11.5 Å². The molecule has 6 heteroatoms. The van der Waals surface area contributed by atoms with Gasteiger partial charge in [0.25, 0.3) is 0 Å². The molecule has 3 aromatic rings. The highest BCUT2D eigenvalue weighted by Gasteiger charge is 2.13. The predicted octanol–water partition coefficient (Wildman–Crippen LogP) is 7.24. The van der Waals surface area contributed by atoms with Gasteiger partial charge in [0.1, 0.15) is 5.82 Å². The van der Waals surface area contributed by atoms with Crippen LogP contribution in [-0.2, 0) is 0 Å². The van der Waals surface area contributed by atoms with Crippen molar-refractivity contribution >= 4 is 5.82 Å². The van der Waals surface area contributed by atoms with Crippen LogP contribution < -0.4 is 14.8 Å². The van der Waals surface area contributed by atoms with E-state index >= 15 is 0 Å². The molecular formula is C30H44N4O2. The summed E-state index contributed by atoms with van der Waals surface area (Å²) in [6.07, 6.45) is 7.80. The van der Waals surface area contributed by atoms with Crippen molar-refractivity contribution in [3.05, 3.63) is 66.5 Å². The van der Waals surface area contributed by atoms with Gasteiger partial charge in [0, 0.05) is 5.56 Å². The fraction of sp³-hybridized carbons (Fsp3) is 0.467. The third-order valence-corrected chi connectivity index (χ3v) is 6.22. The highest BCUT2D eigenvalue weighted by Crippen LogP contribution is 2.32. The summed E-state index contributed by atoms with van der Waals surface area (Å²) in [7, 11) is 1.67. The summed E-state index contributed by atoms with van der Waals surface area (Å²) >= 11 is 0. The van der Waals surface area contributed by atoms with E-state index in [1.807, 2.05) is 24.3 Å². The van der Waals surface area contributed by atoms with E-state index in [4.69, 9.17) is 14.5 Å². The smallest absolute Gasteiger partial charge is 0.161 e. The zero-order chi connectivity index (χ0) is 24.9. The standard InChI is InChI=1S/C29H40N4O2.CH4/c1-5-13-25(23-14-9-8-10-15-23)31-29-22-30-21-26(32-29)24-16-17-27(28(20-24)34-4)35-19-12-11-18-33(6-2)7-3;/h8-10,14-17,20-22,25H,5-7,11-13,18-19H2,1-4H3,(H,31,32);1H4. The molecule has 0 spiro atoms. The zero-order valence-electron chi connectivity index (χ0n) is 21.7. The van der Waals surface area contributed by atoms with E-state index in [0.29, 0.717) is 12.4 Å². The van der Waals surface area contributed by atoms with Gasteiger partial charge >= 0.3 is 0 Å². The van der Waals surface area contributed by atoms with Gasteiger partial charge in [-0.15, -0.1) is 0 Å². The third kappa shape index (κ3) is 8.52. The van der Waals surface area contributed by atoms with Crippen molar-refractivity contribution in [2.45, 2.75) is 59.9 Å². The van der Waals surface area contributed by atoms with E-state index in [9.17, 15) is 0 Å². The fourth-order valence-electron chi connectivity index (χ4n) is 4.15. The van der Waals surface area contributed by atoms with Gasteiger partial charge in [-0.25, -0.2) is 4.98 Å². The molecule has 0 amide bonds. The van der Waals surface area contributed by atoms with E-state index in [1.165, 1.54) is 5.56 Å². The van der Waals surface area contributed by atoms with Crippen molar-refractivity contribution in [2.75, 3.05) is 38.7 Å². The van der Waals surface area contributed by atoms with Gasteiger partial charge in [0.05, 0.1) is 37.8 Å². The third-order valence-electron chi connectivity index (χ3n) is 6.22. The van der Waals surface area contributed by atoms with Gasteiger partial charge in [-0.3, -0.25) is 4.98 Å². The molecule has 196 valence electrons. The average molecular weight is 493 g/mol. The van der Waals surface area contributed by atoms with Crippen molar-refractivity contribution in [1.29, 1.82) is 0 Å². The summed E-state index contributed by atoms with van der Waals surface area (Å²) in [5, 5.41) is 3.57. The summed E-state index contributed by atoms with van der Waals surface area (Å²) in [6.45, 7) is 10.6. The Morgan fingerprint density at radius 3 is 2.42 bits per heavy atom. The summed E-state index contributed by atoms with van der Waals surface area (Å²) in [4.78, 5) is 11.7. The van der Waals surface area contributed by atoms with Crippen LogP contribution >= 0.6 is 0 Å². The Balaban J connectivity index is 0.00000456. The fourth-order valence-corrected chi connectivity index (χ4v) is 4.15. The van der Waals surface area contributed by atoms with E-state index in [0.717, 1.165) is 68.1 Å². The minimum atomic E-state index is 0. The Labute approximate surface area is 218 Å². The van der Waals surface area contributed by atoms with E-state index in [2.05, 4.69) is 60.2 Å². The molecule has 0 aliphatic heterocycles. The number of aromatic nitrogens is 2. The predicted molar refractivity (Wildman–Crippen MR) is 151 cm³/mol. The van der Waals surface area contributed by atoms with Crippen molar-refractivity contribution in [1.82, 2.24) is 14.9 Å². The van der Waals surface area contributed by atoms with Crippen molar-refractivity contribution < 1.29 is 9.47 Å². The topological polar surface area (TPSA) is 59.5 Å². The largest absolute Gasteiger partial charge is 0.493 e. The monoisotopic (exact) mass is 492 g/mol. The van der Waals surface area contributed by atoms with Gasteiger partial charge in [0.2, 0.25) is 0 Å². The summed E-state index contributed by atoms with van der Waals surface area (Å²) < 4.78 is 11.7. The highest BCUT2D eigenvalue weighted by atomic mass is 16.5. The molecule has 0 aliphatic carbocycles. The molecule has 0 bridgehead atoms. The maximum Gasteiger partial charge on any atom is 0.161 e. The minimum absolute atomic E-state index is 0. The van der Waals surface area contributed by atoms with Gasteiger partial charge in [-0.05, 0) is 62.7 Å². The first-order valence-electron chi connectivity index (χ1n) is 12.9. The van der Waals surface area contributed by atoms with E-state index in [1.54, 1.807) is 19.5 Å². The molecule has 0 saturated heterocycles. The second kappa shape index (κ2) is 15.8. The first kappa shape index (κ1) is 29.1. The molecule has 0 fully saturated rings. The van der Waals surface area contributed by atoms with Gasteiger partial charge in [-0.2, -0.15) is 0 Å². The lowest BCUT2D eigenvalue weighted by Crippen LogP contribution is -2.24. The van der Waals surface area contributed by atoms with Crippen LogP contribution in [0.2, 0.25) is 0 Å². The Kier molecular flexibility index (Phi) is 12.8. The molecule has 1 unspecified atom stereocenters. The maximum atomic E-state index is 6.03. The van der Waals surface area contributed by atoms with Gasteiger partial charge in [-0.1, -0.05) is 65.0 Å². The number of benzene rings is 2. The summed E-state index contributed by atoms with van der Waals surface area (Å²) in [5.41, 5.74) is 2.99. The molecule has 2 aromatic carbocycles. The summed E-state index contributed by atoms with van der Waals surface area (Å²) in [5.74, 6) is 2.23. The van der Waals surface area contributed by atoms with Crippen molar-refractivity contribution in [2.24, 2.45) is 0 Å². The average Bonchev–Trinajstić information content (AvgIpc) is 2.91. The molecule has 3 rings (SSSR count). The quantitative estimate of drug-likeness (QED) is 0.226. The molecule has 0 aliphatic rings. The lowest BCUT2D eigenvalue weighted by Gasteiger charge is -2.19. The Hall–Kier alpha value is -3.12. The number of nitrogens with zero attached hydrogens (tertiary/aromatic N) is 3. The SMILES string of the molecule is C.CCCC(Nc1cncc(-c2ccc(OCCCCN(CC)CC)c(OC)c2)n1)c1ccccc1. The maximum absolute atomic E-state index is 6.03. The van der Waals surface area contributed by atoms with E-state index < -0.39 is 0 Å². The zero-order valence-corrected chi connectivity index (χ0v) is 21.7. The van der Waals surface area contributed by atoms with Crippen LogP contribution in [0.1, 0.15) is 65.5 Å². The number of ether oxygens (including phenoxy) is 2. The first-order valence-corrected chi connectivity index (χ1v) is 12.9. The van der Waals surface area contributed by atoms with E-state index in [-0.39, 0.29) is 13.5 Å². The van der Waals surface area contributed by atoms with Gasteiger partial charge < -0.3 is 19.7 Å². The number of hydrogen-bond donors (Lipinski definition) is 1. The van der Waals surface area contributed by atoms with Crippen LogP contribution in [0.4, 0.5) is 5.82 Å². The van der Waals surface area contributed by atoms with Crippen LogP contribution in [0, 0.1) is 0 Å². The molecular weight excluding hydrogens is 448 g/mol. The Bertz CT molecular complexity index is 1010. The molecule has 1 heterocycles. The lowest BCUT2D eigenvalue weighted by molar-refractivity contribution is 0.259. The number of hydrogen-bond acceptors (Lipinski definition) is 6. The molecule has 1 atom stereocenters. The molecule has 6 nitrogen and oxygen atoms in total. The highest BCUT2D eigenvalue weighted by molar-refractivity contribution is 5.64. The number of rotatable bonds is 15.